The summed E-state index contributed by atoms with van der Waals surface area (Å²) in [6.45, 7) is 5.24. The Labute approximate surface area is 196 Å². The Bertz CT molecular complexity index is 961. The van der Waals surface area contributed by atoms with Gasteiger partial charge in [-0.15, -0.1) is 0 Å². The lowest BCUT2D eigenvalue weighted by molar-refractivity contribution is -0.136. The van der Waals surface area contributed by atoms with Crippen LogP contribution in [-0.2, 0) is 26.6 Å². The summed E-state index contributed by atoms with van der Waals surface area (Å²) in [6.07, 6.45) is 8.98. The van der Waals surface area contributed by atoms with Crippen molar-refractivity contribution in [3.8, 4) is 0 Å². The van der Waals surface area contributed by atoms with Crippen molar-refractivity contribution < 1.29 is 22.7 Å². The number of aromatic nitrogens is 1. The molecule has 33 heavy (non-hydrogen) atoms. The van der Waals surface area contributed by atoms with Gasteiger partial charge in [0.05, 0.1) is 6.61 Å². The first kappa shape index (κ1) is 24.2. The maximum absolute atomic E-state index is 13.4. The van der Waals surface area contributed by atoms with E-state index in [1.165, 1.54) is 53.2 Å². The first-order valence-electron chi connectivity index (χ1n) is 12.2. The molecule has 1 atom stereocenters. The average Bonchev–Trinajstić information content (AvgIpc) is 3.47. The zero-order valence-corrected chi connectivity index (χ0v) is 20.6. The molecule has 0 radical (unpaired) electrons. The summed E-state index contributed by atoms with van der Waals surface area (Å²) in [5, 5.41) is 0. The number of rotatable bonds is 6. The molecule has 2 aliphatic heterocycles. The molecular formula is C23H36N4O5S. The molecule has 3 heterocycles. The second kappa shape index (κ2) is 10.1. The van der Waals surface area contributed by atoms with E-state index in [1.54, 1.807) is 14.0 Å². The summed E-state index contributed by atoms with van der Waals surface area (Å²) in [5.41, 5.74) is 0.177. The minimum Gasteiger partial charge on any atom is -0.461 e. The summed E-state index contributed by atoms with van der Waals surface area (Å²) in [5.74, 6) is -0.660. The van der Waals surface area contributed by atoms with Gasteiger partial charge in [-0.3, -0.25) is 9.69 Å². The van der Waals surface area contributed by atoms with Crippen LogP contribution in [0.15, 0.2) is 17.2 Å². The Morgan fingerprint density at radius 2 is 1.70 bits per heavy atom. The normalized spacial score (nSPS) is 23.7. The molecule has 9 nitrogen and oxygen atoms in total. The number of hydrogen-bond acceptors (Lipinski definition) is 6. The standard InChI is InChI=1S/C23H36N4O5S/c1-3-32-23(29)21-16-19(17-24(21)2)33(30,31)27-11-7-10-20(27)22(28)26-14-12-25(13-15-26)18-8-5-4-6-9-18/h16-18,20H,3-15H2,1-2H3/t20-/m1/s1. The van der Waals surface area contributed by atoms with E-state index >= 15 is 0 Å². The summed E-state index contributed by atoms with van der Waals surface area (Å²) < 4.78 is 34.6. The van der Waals surface area contributed by atoms with Crippen LogP contribution in [0.1, 0.15) is 62.4 Å². The zero-order chi connectivity index (χ0) is 23.6. The van der Waals surface area contributed by atoms with Gasteiger partial charge in [-0.1, -0.05) is 19.3 Å². The monoisotopic (exact) mass is 480 g/mol. The highest BCUT2D eigenvalue weighted by Crippen LogP contribution is 2.29. The third kappa shape index (κ3) is 4.97. The lowest BCUT2D eigenvalue weighted by Crippen LogP contribution is -2.56. The largest absolute Gasteiger partial charge is 0.461 e. The van der Waals surface area contributed by atoms with E-state index < -0.39 is 22.0 Å². The van der Waals surface area contributed by atoms with Crippen LogP contribution in [0.5, 0.6) is 0 Å². The Morgan fingerprint density at radius 1 is 1.00 bits per heavy atom. The number of sulfonamides is 1. The summed E-state index contributed by atoms with van der Waals surface area (Å²) >= 11 is 0. The number of hydrogen-bond donors (Lipinski definition) is 0. The van der Waals surface area contributed by atoms with Gasteiger partial charge in [0.15, 0.2) is 0 Å². The van der Waals surface area contributed by atoms with Gasteiger partial charge >= 0.3 is 5.97 Å². The quantitative estimate of drug-likeness (QED) is 0.577. The van der Waals surface area contributed by atoms with Crippen molar-refractivity contribution in [1.82, 2.24) is 18.7 Å². The molecule has 184 valence electrons. The molecule has 3 aliphatic rings. The average molecular weight is 481 g/mol. The summed E-state index contributed by atoms with van der Waals surface area (Å²) in [4.78, 5) is 29.9. The molecule has 1 aliphatic carbocycles. The van der Waals surface area contributed by atoms with Crippen LogP contribution < -0.4 is 0 Å². The van der Waals surface area contributed by atoms with Gasteiger partial charge in [0, 0.05) is 52.0 Å². The van der Waals surface area contributed by atoms with Crippen LogP contribution in [0.3, 0.4) is 0 Å². The highest BCUT2D eigenvalue weighted by Gasteiger charge is 2.42. The third-order valence-electron chi connectivity index (χ3n) is 7.28. The predicted octanol–water partition coefficient (Wildman–Crippen LogP) is 1.83. The summed E-state index contributed by atoms with van der Waals surface area (Å²) in [7, 11) is -2.29. The molecule has 1 aromatic heterocycles. The Hall–Kier alpha value is -1.91. The summed E-state index contributed by atoms with van der Waals surface area (Å²) in [6, 6.07) is 1.30. The number of nitrogens with zero attached hydrogens (tertiary/aromatic N) is 4. The van der Waals surface area contributed by atoms with Gasteiger partial charge in [0.1, 0.15) is 16.6 Å². The number of carbonyl (C=O) groups excluding carboxylic acids is 2. The smallest absolute Gasteiger partial charge is 0.354 e. The SMILES string of the molecule is CCOC(=O)c1cc(S(=O)(=O)N2CCC[C@@H]2C(=O)N2CCN(C3CCCCC3)CC2)cn1C. The molecule has 10 heteroatoms. The first-order chi connectivity index (χ1) is 15.8. The fourth-order valence-corrected chi connectivity index (χ4v) is 7.18. The molecule has 0 aromatic carbocycles. The molecule has 2 saturated heterocycles. The molecule has 4 rings (SSSR count). The predicted molar refractivity (Wildman–Crippen MR) is 123 cm³/mol. The van der Waals surface area contributed by atoms with Crippen molar-refractivity contribution in [2.45, 2.75) is 68.8 Å². The van der Waals surface area contributed by atoms with Crippen LogP contribution in [0.4, 0.5) is 0 Å². The van der Waals surface area contributed by atoms with E-state index in [0.717, 1.165) is 13.1 Å². The van der Waals surface area contributed by atoms with Gasteiger partial charge in [-0.2, -0.15) is 4.31 Å². The fourth-order valence-electron chi connectivity index (χ4n) is 5.46. The van der Waals surface area contributed by atoms with E-state index in [9.17, 15) is 18.0 Å². The second-order valence-corrected chi connectivity index (χ2v) is 11.2. The van der Waals surface area contributed by atoms with Crippen LogP contribution in [-0.4, -0.2) is 90.4 Å². The van der Waals surface area contributed by atoms with Crippen molar-refractivity contribution in [2.75, 3.05) is 39.3 Å². The van der Waals surface area contributed by atoms with Crippen molar-refractivity contribution in [3.63, 3.8) is 0 Å². The van der Waals surface area contributed by atoms with Crippen molar-refractivity contribution in [3.05, 3.63) is 18.0 Å². The molecular weight excluding hydrogens is 444 g/mol. The number of piperazine rings is 1. The second-order valence-electron chi connectivity index (χ2n) is 9.32. The topological polar surface area (TPSA) is 92.2 Å². The van der Waals surface area contributed by atoms with E-state index in [4.69, 9.17) is 4.74 Å². The lowest BCUT2D eigenvalue weighted by atomic mass is 9.94. The molecule has 1 amide bonds. The van der Waals surface area contributed by atoms with Gasteiger partial charge in [0.2, 0.25) is 15.9 Å². The number of ether oxygens (including phenoxy) is 1. The third-order valence-corrected chi connectivity index (χ3v) is 9.15. The Morgan fingerprint density at radius 3 is 2.36 bits per heavy atom. The highest BCUT2D eigenvalue weighted by molar-refractivity contribution is 7.89. The number of carbonyl (C=O) groups is 2. The molecule has 0 bridgehead atoms. The lowest BCUT2D eigenvalue weighted by Gasteiger charge is -2.41. The maximum Gasteiger partial charge on any atom is 0.354 e. The zero-order valence-electron chi connectivity index (χ0n) is 19.7. The van der Waals surface area contributed by atoms with Crippen LogP contribution >= 0.6 is 0 Å². The van der Waals surface area contributed by atoms with Gasteiger partial charge in [-0.05, 0) is 38.7 Å². The molecule has 1 saturated carbocycles. The van der Waals surface area contributed by atoms with Crippen molar-refractivity contribution in [2.24, 2.45) is 7.05 Å². The van der Waals surface area contributed by atoms with E-state index in [0.29, 0.717) is 38.5 Å². The first-order valence-corrected chi connectivity index (χ1v) is 13.6. The number of aryl methyl sites for hydroxylation is 1. The van der Waals surface area contributed by atoms with Gasteiger partial charge in [-0.25, -0.2) is 13.2 Å². The molecule has 0 spiro atoms. The molecule has 0 N–H and O–H groups in total. The molecule has 0 unspecified atom stereocenters. The maximum atomic E-state index is 13.4. The molecule has 1 aromatic rings. The fraction of sp³-hybridized carbons (Fsp3) is 0.739. The minimum absolute atomic E-state index is 0.0230. The van der Waals surface area contributed by atoms with Crippen LogP contribution in [0, 0.1) is 0 Å². The Balaban J connectivity index is 1.43. The van der Waals surface area contributed by atoms with Crippen molar-refractivity contribution in [1.29, 1.82) is 0 Å². The van der Waals surface area contributed by atoms with Crippen LogP contribution in [0.2, 0.25) is 0 Å². The van der Waals surface area contributed by atoms with E-state index in [-0.39, 0.29) is 23.1 Å². The number of amides is 1. The van der Waals surface area contributed by atoms with Crippen molar-refractivity contribution >= 4 is 21.9 Å². The number of esters is 1. The van der Waals surface area contributed by atoms with E-state index in [1.807, 2.05) is 4.90 Å². The Kier molecular flexibility index (Phi) is 7.45. The molecule has 3 fully saturated rings. The van der Waals surface area contributed by atoms with Gasteiger partial charge < -0.3 is 14.2 Å². The minimum atomic E-state index is -3.90. The van der Waals surface area contributed by atoms with E-state index in [2.05, 4.69) is 4.90 Å². The van der Waals surface area contributed by atoms with Gasteiger partial charge in [0.25, 0.3) is 0 Å². The highest BCUT2D eigenvalue weighted by atomic mass is 32.2. The van der Waals surface area contributed by atoms with Crippen LogP contribution in [0.25, 0.3) is 0 Å².